The molecule has 0 saturated carbocycles. The third-order valence-electron chi connectivity index (χ3n) is 3.45. The van der Waals surface area contributed by atoms with Gasteiger partial charge in [-0.2, -0.15) is 0 Å². The minimum atomic E-state index is 0.455. The van der Waals surface area contributed by atoms with E-state index in [2.05, 4.69) is 10.8 Å². The molecule has 76 valence electrons. The molecule has 2 heteroatoms. The normalized spacial score (nSPS) is 32.6. The van der Waals surface area contributed by atoms with E-state index >= 15 is 0 Å². The molecular formula is C12H17NO. The SMILES string of the molecule is C#CCCN1C2CCCC1CC(=O)C2. The van der Waals surface area contributed by atoms with Crippen LogP contribution in [-0.2, 0) is 4.79 Å². The number of nitrogens with zero attached hydrogens (tertiary/aromatic N) is 1. The summed E-state index contributed by atoms with van der Waals surface area (Å²) in [5.41, 5.74) is 0. The van der Waals surface area contributed by atoms with Crippen molar-refractivity contribution < 1.29 is 4.79 Å². The van der Waals surface area contributed by atoms with E-state index in [1.165, 1.54) is 19.3 Å². The molecule has 2 rings (SSSR count). The summed E-state index contributed by atoms with van der Waals surface area (Å²) in [6.07, 6.45) is 11.3. The molecule has 0 aromatic rings. The summed E-state index contributed by atoms with van der Waals surface area (Å²) in [5, 5.41) is 0. The second-order valence-electron chi connectivity index (χ2n) is 4.38. The summed E-state index contributed by atoms with van der Waals surface area (Å²) in [6.45, 7) is 0.985. The van der Waals surface area contributed by atoms with Crippen LogP contribution in [0.25, 0.3) is 0 Å². The van der Waals surface area contributed by atoms with Crippen LogP contribution in [0.2, 0.25) is 0 Å². The number of carbonyl (C=O) groups is 1. The number of piperidine rings is 2. The molecule has 0 spiro atoms. The number of ketones is 1. The molecule has 14 heavy (non-hydrogen) atoms. The van der Waals surface area contributed by atoms with Gasteiger partial charge in [0.25, 0.3) is 0 Å². The fourth-order valence-corrected chi connectivity index (χ4v) is 2.83. The number of terminal acetylenes is 1. The molecule has 0 aromatic heterocycles. The van der Waals surface area contributed by atoms with Gasteiger partial charge in [-0.1, -0.05) is 6.42 Å². The van der Waals surface area contributed by atoms with E-state index < -0.39 is 0 Å². The number of Topliss-reactive ketones (excluding diaryl/α,β-unsaturated/α-hetero) is 1. The van der Waals surface area contributed by atoms with Gasteiger partial charge in [0.1, 0.15) is 5.78 Å². The highest BCUT2D eigenvalue weighted by Crippen LogP contribution is 2.32. The van der Waals surface area contributed by atoms with Gasteiger partial charge >= 0.3 is 0 Å². The second-order valence-corrected chi connectivity index (χ2v) is 4.38. The first-order chi connectivity index (χ1) is 6.81. The first-order valence-electron chi connectivity index (χ1n) is 5.52. The van der Waals surface area contributed by atoms with Crippen molar-refractivity contribution >= 4 is 5.78 Å². The van der Waals surface area contributed by atoms with Crippen LogP contribution < -0.4 is 0 Å². The summed E-state index contributed by atoms with van der Waals surface area (Å²) < 4.78 is 0. The van der Waals surface area contributed by atoms with Crippen LogP contribution in [0.5, 0.6) is 0 Å². The van der Waals surface area contributed by atoms with Gasteiger partial charge in [0.2, 0.25) is 0 Å². The fraction of sp³-hybridized carbons (Fsp3) is 0.750. The van der Waals surface area contributed by atoms with Crippen molar-refractivity contribution in [2.45, 2.75) is 50.6 Å². The van der Waals surface area contributed by atoms with Crippen LogP contribution in [0.15, 0.2) is 0 Å². The monoisotopic (exact) mass is 191 g/mol. The Labute approximate surface area is 85.7 Å². The standard InChI is InChI=1S/C12H17NO/c1-2-3-7-13-10-5-4-6-11(13)9-12(14)8-10/h1,10-11H,3-9H2. The molecule has 2 nitrogen and oxygen atoms in total. The van der Waals surface area contributed by atoms with E-state index in [0.717, 1.165) is 25.8 Å². The van der Waals surface area contributed by atoms with Crippen LogP contribution in [0.4, 0.5) is 0 Å². The van der Waals surface area contributed by atoms with Crippen LogP contribution in [0.1, 0.15) is 38.5 Å². The van der Waals surface area contributed by atoms with Gasteiger partial charge in [0, 0.05) is 37.9 Å². The Morgan fingerprint density at radius 2 is 2.00 bits per heavy atom. The molecule has 2 saturated heterocycles. The molecular weight excluding hydrogens is 174 g/mol. The number of hydrogen-bond donors (Lipinski definition) is 0. The maximum Gasteiger partial charge on any atom is 0.136 e. The van der Waals surface area contributed by atoms with E-state index in [9.17, 15) is 4.79 Å². The zero-order valence-electron chi connectivity index (χ0n) is 8.54. The Kier molecular flexibility index (Phi) is 2.88. The van der Waals surface area contributed by atoms with E-state index in [0.29, 0.717) is 17.9 Å². The molecule has 2 bridgehead atoms. The van der Waals surface area contributed by atoms with Crippen molar-refractivity contribution in [3.8, 4) is 12.3 Å². The first kappa shape index (κ1) is 9.73. The third kappa shape index (κ3) is 1.83. The maximum atomic E-state index is 11.4. The highest BCUT2D eigenvalue weighted by atomic mass is 16.1. The maximum absolute atomic E-state index is 11.4. The summed E-state index contributed by atoms with van der Waals surface area (Å²) >= 11 is 0. The van der Waals surface area contributed by atoms with Gasteiger partial charge in [-0.25, -0.2) is 0 Å². The first-order valence-corrected chi connectivity index (χ1v) is 5.52. The predicted molar refractivity (Wildman–Crippen MR) is 55.8 cm³/mol. The second kappa shape index (κ2) is 4.14. The smallest absolute Gasteiger partial charge is 0.136 e. The molecule has 0 N–H and O–H groups in total. The predicted octanol–water partition coefficient (Wildman–Crippen LogP) is 1.60. The van der Waals surface area contributed by atoms with Crippen molar-refractivity contribution in [1.29, 1.82) is 0 Å². The topological polar surface area (TPSA) is 20.3 Å². The lowest BCUT2D eigenvalue weighted by molar-refractivity contribution is -0.127. The summed E-state index contributed by atoms with van der Waals surface area (Å²) in [5.74, 6) is 3.14. The molecule has 0 amide bonds. The van der Waals surface area contributed by atoms with E-state index in [4.69, 9.17) is 6.42 Å². The zero-order valence-corrected chi connectivity index (χ0v) is 8.54. The Morgan fingerprint density at radius 3 is 2.57 bits per heavy atom. The highest BCUT2D eigenvalue weighted by molar-refractivity contribution is 5.80. The van der Waals surface area contributed by atoms with Crippen molar-refractivity contribution in [3.05, 3.63) is 0 Å². The summed E-state index contributed by atoms with van der Waals surface area (Å²) in [6, 6.07) is 1.01. The molecule has 2 aliphatic rings. The Bertz CT molecular complexity index is 250. The highest BCUT2D eigenvalue weighted by Gasteiger charge is 2.36. The van der Waals surface area contributed by atoms with Crippen molar-refractivity contribution in [2.24, 2.45) is 0 Å². The van der Waals surface area contributed by atoms with Gasteiger partial charge < -0.3 is 0 Å². The van der Waals surface area contributed by atoms with E-state index in [-0.39, 0.29) is 0 Å². The zero-order chi connectivity index (χ0) is 9.97. The van der Waals surface area contributed by atoms with Gasteiger partial charge in [0.15, 0.2) is 0 Å². The lowest BCUT2D eigenvalue weighted by Gasteiger charge is -2.45. The van der Waals surface area contributed by atoms with Crippen LogP contribution in [0, 0.1) is 12.3 Å². The average Bonchev–Trinajstić information content (AvgIpc) is 2.14. The van der Waals surface area contributed by atoms with Gasteiger partial charge in [-0.05, 0) is 12.8 Å². The number of rotatable bonds is 2. The molecule has 2 heterocycles. The van der Waals surface area contributed by atoms with E-state index in [1.54, 1.807) is 0 Å². The lowest BCUT2D eigenvalue weighted by atomic mass is 9.84. The number of fused-ring (bicyclic) bond motifs is 2. The molecule has 0 aromatic carbocycles. The van der Waals surface area contributed by atoms with Crippen molar-refractivity contribution in [2.75, 3.05) is 6.54 Å². The van der Waals surface area contributed by atoms with E-state index in [1.807, 2.05) is 0 Å². The van der Waals surface area contributed by atoms with Crippen LogP contribution in [-0.4, -0.2) is 29.3 Å². The minimum absolute atomic E-state index is 0.455. The van der Waals surface area contributed by atoms with Gasteiger partial charge in [-0.15, -0.1) is 12.3 Å². The molecule has 2 atom stereocenters. The molecule has 0 aliphatic carbocycles. The van der Waals surface area contributed by atoms with Crippen molar-refractivity contribution in [3.63, 3.8) is 0 Å². The van der Waals surface area contributed by atoms with Crippen LogP contribution in [0.3, 0.4) is 0 Å². The Balaban J connectivity index is 2.02. The number of hydrogen-bond acceptors (Lipinski definition) is 2. The Hall–Kier alpha value is -0.810. The Morgan fingerprint density at radius 1 is 1.36 bits per heavy atom. The molecule has 2 fully saturated rings. The molecule has 0 radical (unpaired) electrons. The summed E-state index contributed by atoms with van der Waals surface area (Å²) in [7, 11) is 0. The minimum Gasteiger partial charge on any atom is -0.300 e. The third-order valence-corrected chi connectivity index (χ3v) is 3.45. The lowest BCUT2D eigenvalue weighted by Crippen LogP contribution is -2.52. The number of carbonyl (C=O) groups excluding carboxylic acids is 1. The van der Waals surface area contributed by atoms with Gasteiger partial charge in [-0.3, -0.25) is 9.69 Å². The van der Waals surface area contributed by atoms with Gasteiger partial charge in [0.05, 0.1) is 0 Å². The van der Waals surface area contributed by atoms with Crippen LogP contribution >= 0.6 is 0 Å². The summed E-state index contributed by atoms with van der Waals surface area (Å²) in [4.78, 5) is 13.9. The largest absolute Gasteiger partial charge is 0.300 e. The molecule has 2 aliphatic heterocycles. The van der Waals surface area contributed by atoms with Crippen molar-refractivity contribution in [1.82, 2.24) is 4.90 Å². The average molecular weight is 191 g/mol. The fourth-order valence-electron chi connectivity index (χ4n) is 2.83. The molecule has 2 unspecified atom stereocenters. The quantitative estimate of drug-likeness (QED) is 0.618.